The molecule has 4 aromatic rings. The number of aromatic nitrogens is 2. The van der Waals surface area contributed by atoms with Crippen molar-refractivity contribution in [3.05, 3.63) is 127 Å². The summed E-state index contributed by atoms with van der Waals surface area (Å²) in [6, 6.07) is 17.8. The number of halogens is 7. The third kappa shape index (κ3) is 11.5. The lowest BCUT2D eigenvalue weighted by molar-refractivity contribution is -0.137. The van der Waals surface area contributed by atoms with E-state index in [0.717, 1.165) is 61.4 Å². The van der Waals surface area contributed by atoms with Crippen molar-refractivity contribution < 1.29 is 35.9 Å². The molecule has 2 aliphatic rings. The van der Waals surface area contributed by atoms with E-state index in [0.29, 0.717) is 40.5 Å². The molecule has 2 saturated carbocycles. The molecule has 55 heavy (non-hydrogen) atoms. The summed E-state index contributed by atoms with van der Waals surface area (Å²) in [6.45, 7) is 13.8. The topological polar surface area (TPSA) is 108 Å². The molecule has 0 spiro atoms. The molecule has 0 radical (unpaired) electrons. The Bertz CT molecular complexity index is 2160. The number of ketones is 1. The first-order chi connectivity index (χ1) is 26.2. The maximum absolute atomic E-state index is 13.4. The van der Waals surface area contributed by atoms with Gasteiger partial charge in [-0.25, -0.2) is 19.0 Å². The number of carbonyl (C=O) groups is 1. The first-order valence-corrected chi connectivity index (χ1v) is 16.6. The molecule has 0 amide bonds. The largest absolute Gasteiger partial charge is 0.407 e. The Labute approximate surface area is 314 Å². The number of nitrogens with two attached hydrogens (primary N) is 1. The van der Waals surface area contributed by atoms with E-state index in [-0.39, 0.29) is 18.8 Å². The van der Waals surface area contributed by atoms with Crippen molar-refractivity contribution in [2.75, 3.05) is 5.84 Å². The van der Waals surface area contributed by atoms with Crippen molar-refractivity contribution in [2.45, 2.75) is 84.0 Å². The van der Waals surface area contributed by atoms with Crippen LogP contribution in [0.3, 0.4) is 0 Å². The van der Waals surface area contributed by atoms with Gasteiger partial charge in [0.15, 0.2) is 0 Å². The molecule has 0 aliphatic heterocycles. The molecule has 2 aromatic heterocycles. The van der Waals surface area contributed by atoms with E-state index in [4.69, 9.17) is 23.7 Å². The molecule has 292 valence electrons. The Morgan fingerprint density at radius 3 is 1.45 bits per heavy atom. The van der Waals surface area contributed by atoms with Crippen molar-refractivity contribution >= 4 is 22.9 Å². The van der Waals surface area contributed by atoms with Gasteiger partial charge in [-0.05, 0) is 50.7 Å². The van der Waals surface area contributed by atoms with Crippen LogP contribution in [0.15, 0.2) is 87.5 Å². The van der Waals surface area contributed by atoms with E-state index < -0.39 is 46.0 Å². The molecule has 0 atom stereocenters. The van der Waals surface area contributed by atoms with Crippen LogP contribution in [-0.4, -0.2) is 22.3 Å². The predicted octanol–water partition coefficient (Wildman–Crippen LogP) is 10.4. The van der Waals surface area contributed by atoms with Gasteiger partial charge in [0.05, 0.1) is 35.7 Å². The molecule has 0 saturated heterocycles. The highest BCUT2D eigenvalue weighted by Gasteiger charge is 2.37. The molecule has 2 heterocycles. The quantitative estimate of drug-likeness (QED) is 0.127. The number of hydrogen-bond acceptors (Lipinski definition) is 5. The zero-order valence-corrected chi connectivity index (χ0v) is 28.7. The van der Waals surface area contributed by atoms with Gasteiger partial charge in [-0.3, -0.25) is 19.1 Å². The number of Topliss-reactive ketones (excluding diaryl/α,β-unsaturated/α-hetero) is 1. The van der Waals surface area contributed by atoms with Gasteiger partial charge in [0, 0.05) is 29.7 Å². The number of rotatable bonds is 3. The number of benzene rings is 2. The van der Waals surface area contributed by atoms with Gasteiger partial charge < -0.3 is 5.84 Å². The predicted molar refractivity (Wildman–Crippen MR) is 198 cm³/mol. The van der Waals surface area contributed by atoms with Crippen molar-refractivity contribution in [2.24, 2.45) is 5.10 Å². The second kappa shape index (κ2) is 19.9. The first-order valence-electron chi connectivity index (χ1n) is 17.0. The first kappa shape index (κ1) is 43.4. The van der Waals surface area contributed by atoms with Crippen molar-refractivity contribution in [1.82, 2.24) is 9.35 Å². The highest BCUT2D eigenvalue weighted by Crippen LogP contribution is 2.38. The highest BCUT2D eigenvalue weighted by molar-refractivity contribution is 5.85. The summed E-state index contributed by atoms with van der Waals surface area (Å²) in [5, 5.41) is 4.34. The van der Waals surface area contributed by atoms with Crippen LogP contribution >= 0.6 is 0 Å². The van der Waals surface area contributed by atoms with Crippen LogP contribution in [0.5, 0.6) is 0 Å². The van der Waals surface area contributed by atoms with Crippen LogP contribution in [-0.2, 0) is 17.1 Å². The van der Waals surface area contributed by atoms with Gasteiger partial charge in [0.1, 0.15) is 5.78 Å². The van der Waals surface area contributed by atoms with E-state index in [1.54, 1.807) is 48.5 Å². The zero-order valence-electron chi connectivity index (χ0n) is 29.7. The summed E-state index contributed by atoms with van der Waals surface area (Å²) < 4.78 is 93.4. The Morgan fingerprint density at radius 1 is 0.655 bits per heavy atom. The van der Waals surface area contributed by atoms with Crippen LogP contribution in [0, 0.1) is 13.1 Å². The van der Waals surface area contributed by atoms with E-state index >= 15 is 0 Å². The number of pyridine rings is 2. The van der Waals surface area contributed by atoms with Crippen LogP contribution < -0.4 is 17.0 Å². The fourth-order valence-electron chi connectivity index (χ4n) is 5.75. The number of carbonyl (C=O) groups excluding carboxylic acids is 1. The number of hydrogen-bond donors (Lipinski definition) is 1. The van der Waals surface area contributed by atoms with Gasteiger partial charge in [-0.1, -0.05) is 80.9 Å². The Hall–Kier alpha value is -6.03. The molecule has 16 heteroatoms. The number of alkyl halides is 6. The lowest BCUT2D eigenvalue weighted by atomic mass is 9.99. The smallest absolute Gasteiger partial charge is 0.337 e. The average Bonchev–Trinajstić information content (AvgIpc) is 3.18. The third-order valence-corrected chi connectivity index (χ3v) is 8.43. The highest BCUT2D eigenvalue weighted by atomic mass is 19.4. The molecule has 2 aliphatic carbocycles. The summed E-state index contributed by atoms with van der Waals surface area (Å²) in [5.74, 6) is 5.96. The molecular formula is C39H39F7N6O3. The van der Waals surface area contributed by atoms with Crippen molar-refractivity contribution in [1.29, 1.82) is 1.45 Å². The van der Waals surface area contributed by atoms with Gasteiger partial charge in [0.2, 0.25) is 0 Å². The number of nitrogen functional groups attached to an aromatic ring is 1. The van der Waals surface area contributed by atoms with Gasteiger partial charge >= 0.3 is 12.4 Å². The molecule has 6 rings (SSSR count). The summed E-state index contributed by atoms with van der Waals surface area (Å²) in [5.41, 5.74) is -5.19. The van der Waals surface area contributed by atoms with E-state index in [9.17, 15) is 40.7 Å². The van der Waals surface area contributed by atoms with Crippen molar-refractivity contribution in [3.8, 4) is 22.5 Å². The minimum Gasteiger partial charge on any atom is -0.337 e. The van der Waals surface area contributed by atoms with Crippen LogP contribution in [0.1, 0.15) is 82.8 Å². The van der Waals surface area contributed by atoms with E-state index in [2.05, 4.69) is 16.2 Å². The molecule has 2 N–H and O–H groups in total. The van der Waals surface area contributed by atoms with Gasteiger partial charge in [-0.15, -0.1) is 0 Å². The molecule has 0 bridgehead atoms. The zero-order chi connectivity index (χ0) is 40.8. The average molecular weight is 775 g/mol. The molecule has 0 unspecified atom stereocenters. The van der Waals surface area contributed by atoms with Gasteiger partial charge in [0.25, 0.3) is 23.9 Å². The Kier molecular flexibility index (Phi) is 15.7. The summed E-state index contributed by atoms with van der Waals surface area (Å²) >= 11 is 0. The van der Waals surface area contributed by atoms with Crippen LogP contribution in [0.4, 0.5) is 42.4 Å². The molecule has 2 aromatic carbocycles. The lowest BCUT2D eigenvalue weighted by Crippen LogP contribution is -2.30. The maximum atomic E-state index is 13.4. The fraction of sp³-hybridized carbons (Fsp3) is 0.333. The Balaban J connectivity index is 0.000000319. The number of nitrogens with zero attached hydrogens (tertiary/aromatic N) is 5. The van der Waals surface area contributed by atoms with E-state index in [1.807, 2.05) is 0 Å². The lowest BCUT2D eigenvalue weighted by Gasteiger charge is -2.17. The van der Waals surface area contributed by atoms with E-state index in [1.165, 1.54) is 18.6 Å². The van der Waals surface area contributed by atoms with Crippen LogP contribution in [0.25, 0.3) is 32.2 Å². The summed E-state index contributed by atoms with van der Waals surface area (Å²) in [4.78, 5) is 40.4. The Morgan fingerprint density at radius 2 is 1.05 bits per heavy atom. The fourth-order valence-corrected chi connectivity index (χ4v) is 5.75. The van der Waals surface area contributed by atoms with Gasteiger partial charge in [-0.2, -0.15) is 31.4 Å². The summed E-state index contributed by atoms with van der Waals surface area (Å²) in [7, 11) is 0. The molecular weight excluding hydrogens is 733 g/mol. The normalized spacial score (nSPS) is 14.0. The van der Waals surface area contributed by atoms with Crippen LogP contribution in [0.2, 0.25) is 0 Å². The SMILES string of the molecule is C.O=C1CCCCC1.[3H]F.[C-]#[N+]c1c(C(F)(F)F)cc(-c2ccccc2)n(N)c1=O.[C-]#[N+]c1c(C(F)(F)F)cc(-c2ccccc2)n(N=C2CCCCC2)c1=O. The van der Waals surface area contributed by atoms with Crippen molar-refractivity contribution in [3.63, 3.8) is 0 Å². The molecule has 2 fully saturated rings. The monoisotopic (exact) mass is 774 g/mol. The minimum atomic E-state index is -4.79. The second-order valence-electron chi connectivity index (χ2n) is 12.2. The minimum absolute atomic E-state index is 0. The summed E-state index contributed by atoms with van der Waals surface area (Å²) in [6.07, 6.45) is -0.00111. The third-order valence-electron chi connectivity index (χ3n) is 8.43. The molecule has 9 nitrogen and oxygen atoms in total. The maximum Gasteiger partial charge on any atom is 0.407 e. The standard InChI is InChI=1S/C19H16F3N3O.C13H8F3N3O.C6H10O.CH4.FH/c1-23-17-15(19(20,21)22)12-16(13-8-4-2-5-9-13)25(18(17)26)24-14-10-6-3-7-11-14;1-18-11-9(13(14,15)16)7-10(19(17)12(11)20)8-5-3-2-4-6-8;7-6-4-2-1-3-5-6;;/h2,4-5,8-9,12H,3,6-7,10-11H2;2-7H,17H2;1-5H2;1H4;1H/i/hT. The second-order valence-corrected chi connectivity index (χ2v) is 12.2.